The minimum absolute atomic E-state index is 0.307. The zero-order valence-corrected chi connectivity index (χ0v) is 15.1. The number of thiophene rings is 1. The Bertz CT molecular complexity index is 696. The van der Waals surface area contributed by atoms with Gasteiger partial charge in [0.15, 0.2) is 6.61 Å². The molecule has 1 amide bonds. The maximum absolute atomic E-state index is 11.7. The lowest BCUT2D eigenvalue weighted by Crippen LogP contribution is -2.32. The minimum atomic E-state index is -0.487. The third kappa shape index (κ3) is 6.46. The summed E-state index contributed by atoms with van der Waals surface area (Å²) in [6.45, 7) is 4.77. The molecule has 0 aliphatic rings. The van der Waals surface area contributed by atoms with Gasteiger partial charge in [-0.15, -0.1) is 11.3 Å². The molecule has 1 aromatic carbocycles. The highest BCUT2D eigenvalue weighted by atomic mass is 32.1. The lowest BCUT2D eigenvalue weighted by Gasteiger charge is -2.09. The van der Waals surface area contributed by atoms with E-state index in [1.807, 2.05) is 32.0 Å². The molecule has 25 heavy (non-hydrogen) atoms. The molecule has 6 nitrogen and oxygen atoms in total. The predicted octanol–water partition coefficient (Wildman–Crippen LogP) is 2.81. The van der Waals surface area contributed by atoms with E-state index in [4.69, 9.17) is 14.2 Å². The van der Waals surface area contributed by atoms with Crippen molar-refractivity contribution in [2.75, 3.05) is 26.4 Å². The van der Waals surface area contributed by atoms with Gasteiger partial charge in [-0.05, 0) is 50.2 Å². The summed E-state index contributed by atoms with van der Waals surface area (Å²) < 4.78 is 15.8. The third-order valence-electron chi connectivity index (χ3n) is 3.10. The maximum Gasteiger partial charge on any atom is 0.348 e. The molecule has 0 saturated carbocycles. The predicted molar refractivity (Wildman–Crippen MR) is 95.5 cm³/mol. The third-order valence-corrected chi connectivity index (χ3v) is 4.08. The van der Waals surface area contributed by atoms with Crippen molar-refractivity contribution in [2.45, 2.75) is 13.8 Å². The van der Waals surface area contributed by atoms with Crippen LogP contribution < -0.4 is 14.8 Å². The average Bonchev–Trinajstić information content (AvgIpc) is 3.05. The molecule has 7 heteroatoms. The fourth-order valence-corrected chi connectivity index (χ4v) is 2.72. The number of carbonyl (C=O) groups excluding carboxylic acids is 2. The Labute approximate surface area is 150 Å². The highest BCUT2D eigenvalue weighted by Gasteiger charge is 2.11. The van der Waals surface area contributed by atoms with Gasteiger partial charge in [0.05, 0.1) is 13.2 Å². The molecule has 0 radical (unpaired) electrons. The highest BCUT2D eigenvalue weighted by Crippen LogP contribution is 2.17. The summed E-state index contributed by atoms with van der Waals surface area (Å²) in [4.78, 5) is 24.9. The monoisotopic (exact) mass is 363 g/mol. The molecule has 0 bridgehead atoms. The number of esters is 1. The van der Waals surface area contributed by atoms with Gasteiger partial charge < -0.3 is 19.5 Å². The van der Waals surface area contributed by atoms with Crippen molar-refractivity contribution in [3.8, 4) is 11.5 Å². The quantitative estimate of drug-likeness (QED) is 0.548. The van der Waals surface area contributed by atoms with Crippen LogP contribution in [0.5, 0.6) is 11.5 Å². The molecule has 0 atom stereocenters. The summed E-state index contributed by atoms with van der Waals surface area (Å²) in [5.74, 6) is 0.624. The van der Waals surface area contributed by atoms with Gasteiger partial charge in [-0.3, -0.25) is 4.79 Å². The van der Waals surface area contributed by atoms with Crippen molar-refractivity contribution in [1.29, 1.82) is 0 Å². The zero-order valence-electron chi connectivity index (χ0n) is 14.2. The molecule has 0 aliphatic heterocycles. The second-order valence-corrected chi connectivity index (χ2v) is 6.38. The summed E-state index contributed by atoms with van der Waals surface area (Å²) in [6.07, 6.45) is 0. The van der Waals surface area contributed by atoms with E-state index in [-0.39, 0.29) is 12.5 Å². The van der Waals surface area contributed by atoms with E-state index in [1.165, 1.54) is 11.3 Å². The van der Waals surface area contributed by atoms with Crippen LogP contribution in [0, 0.1) is 6.92 Å². The van der Waals surface area contributed by atoms with E-state index in [9.17, 15) is 9.59 Å². The standard InChI is InChI=1S/C18H21NO5S/c1-3-22-14-5-7-15(8-6-14)23-11-10-19-17(20)12-24-18(21)16-9-4-13(2)25-16/h4-9H,3,10-12H2,1-2H3,(H,19,20). The molecule has 0 fully saturated rings. The Kier molecular flexibility index (Phi) is 7.28. The van der Waals surface area contributed by atoms with Crippen LogP contribution in [0.4, 0.5) is 0 Å². The summed E-state index contributed by atoms with van der Waals surface area (Å²) in [5.41, 5.74) is 0. The van der Waals surface area contributed by atoms with Crippen LogP contribution in [0.3, 0.4) is 0 Å². The largest absolute Gasteiger partial charge is 0.494 e. The van der Waals surface area contributed by atoms with Gasteiger partial charge in [0.25, 0.3) is 5.91 Å². The summed E-state index contributed by atoms with van der Waals surface area (Å²) in [6, 6.07) is 10.8. The first-order valence-corrected chi connectivity index (χ1v) is 8.76. The smallest absolute Gasteiger partial charge is 0.348 e. The Morgan fingerprint density at radius 1 is 1.04 bits per heavy atom. The van der Waals surface area contributed by atoms with Gasteiger partial charge in [0.1, 0.15) is 23.0 Å². The molecule has 1 aromatic heterocycles. The summed E-state index contributed by atoms with van der Waals surface area (Å²) >= 11 is 1.34. The van der Waals surface area contributed by atoms with Crippen LogP contribution in [0.25, 0.3) is 0 Å². The lowest BCUT2D eigenvalue weighted by atomic mass is 10.3. The number of nitrogens with one attached hydrogen (secondary N) is 1. The molecule has 2 aromatic rings. The van der Waals surface area contributed by atoms with E-state index in [1.54, 1.807) is 18.2 Å². The lowest BCUT2D eigenvalue weighted by molar-refractivity contribution is -0.124. The van der Waals surface area contributed by atoms with E-state index >= 15 is 0 Å². The van der Waals surface area contributed by atoms with Gasteiger partial charge >= 0.3 is 5.97 Å². The molecule has 1 N–H and O–H groups in total. The molecular formula is C18H21NO5S. The molecule has 0 aliphatic carbocycles. The summed E-state index contributed by atoms with van der Waals surface area (Å²) in [5, 5.41) is 2.63. The molecule has 0 spiro atoms. The number of aryl methyl sites for hydroxylation is 1. The SMILES string of the molecule is CCOc1ccc(OCCNC(=O)COC(=O)c2ccc(C)s2)cc1. The molecule has 1 heterocycles. The van der Waals surface area contributed by atoms with Crippen molar-refractivity contribution in [2.24, 2.45) is 0 Å². The van der Waals surface area contributed by atoms with Crippen LogP contribution in [0.1, 0.15) is 21.5 Å². The van der Waals surface area contributed by atoms with Crippen LogP contribution in [0.2, 0.25) is 0 Å². The van der Waals surface area contributed by atoms with Gasteiger partial charge in [-0.2, -0.15) is 0 Å². The maximum atomic E-state index is 11.7. The van der Waals surface area contributed by atoms with E-state index in [0.717, 1.165) is 10.6 Å². The molecule has 134 valence electrons. The number of ether oxygens (including phenoxy) is 3. The van der Waals surface area contributed by atoms with E-state index in [2.05, 4.69) is 5.32 Å². The Morgan fingerprint density at radius 2 is 1.72 bits per heavy atom. The number of benzene rings is 1. The molecule has 0 saturated heterocycles. The molecule has 2 rings (SSSR count). The van der Waals surface area contributed by atoms with Gasteiger partial charge in [0, 0.05) is 4.88 Å². The number of carbonyl (C=O) groups is 2. The zero-order chi connectivity index (χ0) is 18.1. The molecular weight excluding hydrogens is 342 g/mol. The van der Waals surface area contributed by atoms with Gasteiger partial charge in [-0.25, -0.2) is 4.79 Å². The van der Waals surface area contributed by atoms with E-state index < -0.39 is 5.97 Å². The number of amides is 1. The Morgan fingerprint density at radius 3 is 2.32 bits per heavy atom. The van der Waals surface area contributed by atoms with Gasteiger partial charge in [0.2, 0.25) is 0 Å². The number of hydrogen-bond acceptors (Lipinski definition) is 6. The minimum Gasteiger partial charge on any atom is -0.494 e. The fraction of sp³-hybridized carbons (Fsp3) is 0.333. The first-order chi connectivity index (χ1) is 12.1. The van der Waals surface area contributed by atoms with Crippen molar-refractivity contribution in [3.63, 3.8) is 0 Å². The van der Waals surface area contributed by atoms with Crippen molar-refractivity contribution >= 4 is 23.2 Å². The Hall–Kier alpha value is -2.54. The van der Waals surface area contributed by atoms with Crippen molar-refractivity contribution < 1.29 is 23.8 Å². The average molecular weight is 363 g/mol. The topological polar surface area (TPSA) is 73.9 Å². The second kappa shape index (κ2) is 9.68. The van der Waals surface area contributed by atoms with Crippen molar-refractivity contribution in [1.82, 2.24) is 5.32 Å². The van der Waals surface area contributed by atoms with Crippen LogP contribution >= 0.6 is 11.3 Å². The second-order valence-electron chi connectivity index (χ2n) is 5.09. The fourth-order valence-electron chi connectivity index (χ4n) is 1.96. The van der Waals surface area contributed by atoms with Crippen LogP contribution in [-0.2, 0) is 9.53 Å². The van der Waals surface area contributed by atoms with Gasteiger partial charge in [-0.1, -0.05) is 0 Å². The number of hydrogen-bond donors (Lipinski definition) is 1. The van der Waals surface area contributed by atoms with Crippen LogP contribution in [0.15, 0.2) is 36.4 Å². The first-order valence-electron chi connectivity index (χ1n) is 7.94. The van der Waals surface area contributed by atoms with E-state index in [0.29, 0.717) is 30.4 Å². The van der Waals surface area contributed by atoms with Crippen LogP contribution in [-0.4, -0.2) is 38.2 Å². The highest BCUT2D eigenvalue weighted by molar-refractivity contribution is 7.13. The summed E-state index contributed by atoms with van der Waals surface area (Å²) in [7, 11) is 0. The van der Waals surface area contributed by atoms with Crippen molar-refractivity contribution in [3.05, 3.63) is 46.2 Å². The molecule has 0 unspecified atom stereocenters. The Balaban J connectivity index is 1.61. The number of rotatable bonds is 9. The first kappa shape index (κ1) is 18.8. The normalized spacial score (nSPS) is 10.2.